The average molecular weight is 309 g/mol. The fourth-order valence-corrected chi connectivity index (χ4v) is 3.55. The Morgan fingerprint density at radius 1 is 1.37 bits per heavy atom. The molecule has 96 valence electrons. The van der Waals surface area contributed by atoms with Crippen LogP contribution in [0.25, 0.3) is 10.2 Å². The lowest BCUT2D eigenvalue weighted by Gasteiger charge is -1.98. The molecule has 3 rings (SSSR count). The molecule has 19 heavy (non-hydrogen) atoms. The van der Waals surface area contributed by atoms with Crippen LogP contribution in [0.15, 0.2) is 35.7 Å². The summed E-state index contributed by atoms with van der Waals surface area (Å²) < 4.78 is 0.971. The number of amides is 1. The Labute approximate surface area is 122 Å². The Bertz CT molecular complexity index is 721. The second-order valence-electron chi connectivity index (χ2n) is 3.94. The molecule has 0 bridgehead atoms. The van der Waals surface area contributed by atoms with Gasteiger partial charge in [0.05, 0.1) is 16.6 Å². The normalized spacial score (nSPS) is 10.8. The zero-order valence-corrected chi connectivity index (χ0v) is 12.1. The Morgan fingerprint density at radius 3 is 3.05 bits per heavy atom. The van der Waals surface area contributed by atoms with Gasteiger partial charge in [0, 0.05) is 9.90 Å². The molecule has 2 aromatic heterocycles. The van der Waals surface area contributed by atoms with Gasteiger partial charge in [-0.05, 0) is 29.6 Å². The van der Waals surface area contributed by atoms with Crippen molar-refractivity contribution in [2.75, 3.05) is 5.32 Å². The lowest BCUT2D eigenvalue weighted by atomic mass is 10.3. The van der Waals surface area contributed by atoms with Gasteiger partial charge in [-0.2, -0.15) is 0 Å². The van der Waals surface area contributed by atoms with Crippen molar-refractivity contribution in [1.29, 1.82) is 0 Å². The van der Waals surface area contributed by atoms with Crippen molar-refractivity contribution in [3.63, 3.8) is 0 Å². The number of nitrogens with one attached hydrogen (secondary N) is 1. The second-order valence-corrected chi connectivity index (χ2v) is 6.43. The first-order valence-electron chi connectivity index (χ1n) is 5.59. The van der Waals surface area contributed by atoms with Crippen LogP contribution in [0, 0.1) is 0 Å². The molecular weight excluding hydrogens is 300 g/mol. The standard InChI is InChI=1S/C13H9ClN2OS2/c14-8-3-4-10-11(6-8)19-13(15-10)16-12(17)7-9-2-1-5-18-9/h1-6H,7H2,(H,15,16,17). The van der Waals surface area contributed by atoms with Gasteiger partial charge in [0.2, 0.25) is 5.91 Å². The van der Waals surface area contributed by atoms with Crippen LogP contribution in [0.4, 0.5) is 5.13 Å². The summed E-state index contributed by atoms with van der Waals surface area (Å²) in [6.45, 7) is 0. The molecule has 1 aromatic carbocycles. The van der Waals surface area contributed by atoms with E-state index >= 15 is 0 Å². The molecule has 0 aliphatic rings. The van der Waals surface area contributed by atoms with Crippen LogP contribution in [0.3, 0.4) is 0 Å². The van der Waals surface area contributed by atoms with Crippen LogP contribution in [0.5, 0.6) is 0 Å². The zero-order valence-electron chi connectivity index (χ0n) is 9.72. The van der Waals surface area contributed by atoms with Gasteiger partial charge in [-0.15, -0.1) is 11.3 Å². The number of thiophene rings is 1. The fourth-order valence-electron chi connectivity index (χ4n) is 1.69. The minimum atomic E-state index is -0.0485. The minimum absolute atomic E-state index is 0.0485. The summed E-state index contributed by atoms with van der Waals surface area (Å²) in [6.07, 6.45) is 0.383. The van der Waals surface area contributed by atoms with Gasteiger partial charge in [-0.1, -0.05) is 29.0 Å². The number of benzene rings is 1. The highest BCUT2D eigenvalue weighted by molar-refractivity contribution is 7.22. The highest BCUT2D eigenvalue weighted by Crippen LogP contribution is 2.28. The summed E-state index contributed by atoms with van der Waals surface area (Å²) in [5.41, 5.74) is 0.848. The van der Waals surface area contributed by atoms with Crippen molar-refractivity contribution in [1.82, 2.24) is 4.98 Å². The quantitative estimate of drug-likeness (QED) is 0.788. The lowest BCUT2D eigenvalue weighted by Crippen LogP contribution is -2.13. The van der Waals surface area contributed by atoms with Gasteiger partial charge in [0.1, 0.15) is 0 Å². The van der Waals surface area contributed by atoms with Gasteiger partial charge in [0.25, 0.3) is 0 Å². The number of nitrogens with zero attached hydrogens (tertiary/aromatic N) is 1. The van der Waals surface area contributed by atoms with Crippen LogP contribution in [0.2, 0.25) is 5.02 Å². The first-order chi connectivity index (χ1) is 9.20. The summed E-state index contributed by atoms with van der Waals surface area (Å²) in [5.74, 6) is -0.0485. The molecule has 3 nitrogen and oxygen atoms in total. The predicted molar refractivity (Wildman–Crippen MR) is 81.3 cm³/mol. The summed E-state index contributed by atoms with van der Waals surface area (Å²) in [5, 5.41) is 6.07. The predicted octanol–water partition coefficient (Wildman–Crippen LogP) is 4.19. The molecule has 1 N–H and O–H groups in total. The van der Waals surface area contributed by atoms with E-state index in [0.717, 1.165) is 15.1 Å². The molecule has 0 radical (unpaired) electrons. The molecule has 0 saturated carbocycles. The lowest BCUT2D eigenvalue weighted by molar-refractivity contribution is -0.115. The Hall–Kier alpha value is -1.43. The highest BCUT2D eigenvalue weighted by atomic mass is 35.5. The van der Waals surface area contributed by atoms with E-state index in [1.807, 2.05) is 29.6 Å². The van der Waals surface area contributed by atoms with Crippen molar-refractivity contribution in [3.05, 3.63) is 45.6 Å². The van der Waals surface area contributed by atoms with Crippen molar-refractivity contribution < 1.29 is 4.79 Å². The van der Waals surface area contributed by atoms with E-state index in [0.29, 0.717) is 16.6 Å². The Kier molecular flexibility index (Phi) is 3.50. The number of carbonyl (C=O) groups excluding carboxylic acids is 1. The number of hydrogen-bond acceptors (Lipinski definition) is 4. The molecular formula is C13H9ClN2OS2. The number of carbonyl (C=O) groups is 1. The summed E-state index contributed by atoms with van der Waals surface area (Å²) in [4.78, 5) is 17.3. The van der Waals surface area contributed by atoms with Crippen LogP contribution in [0.1, 0.15) is 4.88 Å². The van der Waals surface area contributed by atoms with Gasteiger partial charge in [-0.25, -0.2) is 4.98 Å². The number of aromatic nitrogens is 1. The van der Waals surface area contributed by atoms with E-state index < -0.39 is 0 Å². The topological polar surface area (TPSA) is 42.0 Å². The van der Waals surface area contributed by atoms with E-state index in [2.05, 4.69) is 10.3 Å². The maximum Gasteiger partial charge on any atom is 0.231 e. The molecule has 2 heterocycles. The summed E-state index contributed by atoms with van der Waals surface area (Å²) in [6, 6.07) is 9.38. The third kappa shape index (κ3) is 2.94. The fraction of sp³-hybridized carbons (Fsp3) is 0.0769. The number of fused-ring (bicyclic) bond motifs is 1. The van der Waals surface area contributed by atoms with E-state index in [-0.39, 0.29) is 5.91 Å². The van der Waals surface area contributed by atoms with Gasteiger partial charge in [-0.3, -0.25) is 4.79 Å². The van der Waals surface area contributed by atoms with Crippen molar-refractivity contribution in [3.8, 4) is 0 Å². The molecule has 0 unspecified atom stereocenters. The number of hydrogen-bond donors (Lipinski definition) is 1. The van der Waals surface area contributed by atoms with Crippen molar-refractivity contribution in [2.45, 2.75) is 6.42 Å². The average Bonchev–Trinajstić information content (AvgIpc) is 2.97. The molecule has 0 atom stereocenters. The van der Waals surface area contributed by atoms with Crippen LogP contribution in [-0.4, -0.2) is 10.9 Å². The molecule has 0 fully saturated rings. The minimum Gasteiger partial charge on any atom is -0.302 e. The van der Waals surface area contributed by atoms with Crippen molar-refractivity contribution in [2.24, 2.45) is 0 Å². The molecule has 1 amide bonds. The molecule has 0 aliphatic heterocycles. The summed E-state index contributed by atoms with van der Waals surface area (Å²) in [7, 11) is 0. The summed E-state index contributed by atoms with van der Waals surface area (Å²) >= 11 is 8.92. The van der Waals surface area contributed by atoms with Gasteiger partial charge < -0.3 is 5.32 Å². The largest absolute Gasteiger partial charge is 0.302 e. The van der Waals surface area contributed by atoms with E-state index in [4.69, 9.17) is 11.6 Å². The first-order valence-corrected chi connectivity index (χ1v) is 7.66. The maximum atomic E-state index is 11.9. The third-order valence-corrected chi connectivity index (χ3v) is 4.56. The number of thiazole rings is 1. The van der Waals surface area contributed by atoms with Crippen molar-refractivity contribution >= 4 is 55.5 Å². The second kappa shape index (κ2) is 5.28. The van der Waals surface area contributed by atoms with Gasteiger partial charge in [0.15, 0.2) is 5.13 Å². The zero-order chi connectivity index (χ0) is 13.2. The molecule has 6 heteroatoms. The highest BCUT2D eigenvalue weighted by Gasteiger charge is 2.09. The van der Waals surface area contributed by atoms with Crippen LogP contribution >= 0.6 is 34.3 Å². The van der Waals surface area contributed by atoms with E-state index in [1.165, 1.54) is 11.3 Å². The smallest absolute Gasteiger partial charge is 0.231 e. The van der Waals surface area contributed by atoms with Crippen LogP contribution in [-0.2, 0) is 11.2 Å². The molecule has 0 aliphatic carbocycles. The molecule has 3 aromatic rings. The van der Waals surface area contributed by atoms with E-state index in [9.17, 15) is 4.79 Å². The Morgan fingerprint density at radius 2 is 2.26 bits per heavy atom. The molecule has 0 spiro atoms. The van der Waals surface area contributed by atoms with Gasteiger partial charge >= 0.3 is 0 Å². The number of halogens is 1. The maximum absolute atomic E-state index is 11.9. The monoisotopic (exact) mass is 308 g/mol. The third-order valence-electron chi connectivity index (χ3n) is 2.51. The molecule has 0 saturated heterocycles. The SMILES string of the molecule is O=C(Cc1cccs1)Nc1nc2ccc(Cl)cc2s1. The van der Waals surface area contributed by atoms with E-state index in [1.54, 1.807) is 17.4 Å². The number of rotatable bonds is 3. The number of anilines is 1. The van der Waals surface area contributed by atoms with Crippen LogP contribution < -0.4 is 5.32 Å². The first kappa shape index (κ1) is 12.6. The Balaban J connectivity index is 1.76.